The van der Waals surface area contributed by atoms with E-state index in [-0.39, 0.29) is 22.6 Å². The van der Waals surface area contributed by atoms with Crippen LogP contribution in [-0.4, -0.2) is 20.8 Å². The summed E-state index contributed by atoms with van der Waals surface area (Å²) < 4.78 is 13.3. The molecule has 0 saturated heterocycles. The molecule has 0 aliphatic heterocycles. The Bertz CT molecular complexity index is 1080. The average Bonchev–Trinajstić information content (AvgIpc) is 2.66. The third-order valence-corrected chi connectivity index (χ3v) is 3.94. The first kappa shape index (κ1) is 20.0. The van der Waals surface area contributed by atoms with Crippen molar-refractivity contribution in [2.24, 2.45) is 0 Å². The van der Waals surface area contributed by atoms with Crippen molar-refractivity contribution in [3.05, 3.63) is 69.7 Å². The van der Waals surface area contributed by atoms with Gasteiger partial charge in [0.1, 0.15) is 12.1 Å². The largest absolute Gasteiger partial charge is 0.353 e. The Morgan fingerprint density at radius 3 is 2.14 bits per heavy atom. The van der Waals surface area contributed by atoms with Crippen molar-refractivity contribution in [3.63, 3.8) is 0 Å². The lowest BCUT2D eigenvalue weighted by atomic mass is 10.2. The van der Waals surface area contributed by atoms with E-state index in [2.05, 4.69) is 25.9 Å². The van der Waals surface area contributed by atoms with Crippen LogP contribution in [0, 0.1) is 15.9 Å². The van der Waals surface area contributed by atoms with E-state index in [1.165, 1.54) is 19.1 Å². The number of halogens is 2. The number of nitro groups is 1. The molecule has 9 nitrogen and oxygen atoms in total. The van der Waals surface area contributed by atoms with E-state index >= 15 is 0 Å². The number of hydrogen-bond acceptors (Lipinski definition) is 7. The first-order chi connectivity index (χ1) is 13.8. The predicted molar refractivity (Wildman–Crippen MR) is 107 cm³/mol. The van der Waals surface area contributed by atoms with Gasteiger partial charge in [-0.1, -0.05) is 11.6 Å². The summed E-state index contributed by atoms with van der Waals surface area (Å²) in [5.74, 6) is -0.966. The molecule has 0 aliphatic rings. The highest BCUT2D eigenvalue weighted by Gasteiger charge is 2.23. The molecule has 11 heteroatoms. The minimum Gasteiger partial charge on any atom is -0.334 e. The van der Waals surface area contributed by atoms with E-state index in [4.69, 9.17) is 11.6 Å². The highest BCUT2D eigenvalue weighted by Crippen LogP contribution is 2.33. The molecule has 0 radical (unpaired) electrons. The summed E-state index contributed by atoms with van der Waals surface area (Å²) >= 11 is 5.75. The molecule has 3 aromatic rings. The first-order valence-corrected chi connectivity index (χ1v) is 8.57. The van der Waals surface area contributed by atoms with Crippen molar-refractivity contribution in [2.45, 2.75) is 6.92 Å². The number of nitrogens with one attached hydrogen (secondary N) is 3. The number of rotatable bonds is 6. The van der Waals surface area contributed by atoms with Gasteiger partial charge in [-0.2, -0.15) is 0 Å². The number of carbonyl (C=O) groups excluding carboxylic acids is 1. The number of anilines is 5. The molecule has 0 saturated carbocycles. The van der Waals surface area contributed by atoms with Gasteiger partial charge in [0.15, 0.2) is 0 Å². The molecule has 1 heterocycles. The highest BCUT2D eigenvalue weighted by atomic mass is 35.5. The fourth-order valence-electron chi connectivity index (χ4n) is 2.42. The number of benzene rings is 2. The number of hydrogen-bond donors (Lipinski definition) is 3. The molecule has 0 fully saturated rings. The van der Waals surface area contributed by atoms with Crippen LogP contribution in [-0.2, 0) is 4.79 Å². The fraction of sp³-hybridized carbons (Fsp3) is 0.0556. The van der Waals surface area contributed by atoms with Crippen molar-refractivity contribution in [1.29, 1.82) is 0 Å². The van der Waals surface area contributed by atoms with Crippen LogP contribution in [0.3, 0.4) is 0 Å². The molecule has 1 aromatic heterocycles. The van der Waals surface area contributed by atoms with Gasteiger partial charge in [0, 0.05) is 24.0 Å². The Balaban J connectivity index is 1.89. The number of aromatic nitrogens is 2. The van der Waals surface area contributed by atoms with Gasteiger partial charge in [-0.05, 0) is 42.5 Å². The summed E-state index contributed by atoms with van der Waals surface area (Å²) in [6, 6.07) is 10.3. The van der Waals surface area contributed by atoms with Crippen molar-refractivity contribution in [3.8, 4) is 0 Å². The molecule has 0 bridgehead atoms. The third kappa shape index (κ3) is 4.93. The number of amides is 1. The molecule has 0 spiro atoms. The van der Waals surface area contributed by atoms with Gasteiger partial charge in [0.05, 0.1) is 9.95 Å². The summed E-state index contributed by atoms with van der Waals surface area (Å²) in [4.78, 5) is 29.9. The van der Waals surface area contributed by atoms with Crippen LogP contribution < -0.4 is 16.0 Å². The third-order valence-electron chi connectivity index (χ3n) is 3.66. The maximum absolute atomic E-state index is 13.3. The molecule has 2 aromatic carbocycles. The quantitative estimate of drug-likeness (QED) is 0.395. The number of nitrogens with zero attached hydrogens (tertiary/aromatic N) is 3. The van der Waals surface area contributed by atoms with E-state index in [1.807, 2.05) is 0 Å². The fourth-order valence-corrected chi connectivity index (χ4v) is 2.60. The molecule has 3 N–H and O–H groups in total. The van der Waals surface area contributed by atoms with Crippen molar-refractivity contribution in [1.82, 2.24) is 9.97 Å². The van der Waals surface area contributed by atoms with E-state index < -0.39 is 16.4 Å². The SMILES string of the molecule is CC(=O)Nc1ccc(Nc2ncnc(Nc3ccc(F)c(Cl)c3)c2[N+](=O)[O-])cc1. The second-order valence-corrected chi connectivity index (χ2v) is 6.22. The summed E-state index contributed by atoms with van der Waals surface area (Å²) in [6.07, 6.45) is 1.15. The van der Waals surface area contributed by atoms with Crippen LogP contribution in [0.2, 0.25) is 5.02 Å². The Labute approximate surface area is 169 Å². The Morgan fingerprint density at radius 1 is 1.03 bits per heavy atom. The van der Waals surface area contributed by atoms with Gasteiger partial charge < -0.3 is 16.0 Å². The van der Waals surface area contributed by atoms with Crippen molar-refractivity contribution in [2.75, 3.05) is 16.0 Å². The zero-order chi connectivity index (χ0) is 21.0. The molecule has 0 atom stereocenters. The smallest absolute Gasteiger partial charge is 0.334 e. The molecule has 0 aliphatic carbocycles. The minimum absolute atomic E-state index is 0.0482. The monoisotopic (exact) mass is 416 g/mol. The summed E-state index contributed by atoms with van der Waals surface area (Å²) in [5, 5.41) is 19.7. The van der Waals surface area contributed by atoms with E-state index in [9.17, 15) is 19.3 Å². The van der Waals surface area contributed by atoms with E-state index in [0.717, 1.165) is 12.4 Å². The second kappa shape index (κ2) is 8.48. The summed E-state index contributed by atoms with van der Waals surface area (Å²) in [7, 11) is 0. The topological polar surface area (TPSA) is 122 Å². The first-order valence-electron chi connectivity index (χ1n) is 8.19. The Kier molecular flexibility index (Phi) is 5.84. The van der Waals surface area contributed by atoms with Crippen molar-refractivity contribution < 1.29 is 14.1 Å². The minimum atomic E-state index is -0.637. The normalized spacial score (nSPS) is 10.3. The highest BCUT2D eigenvalue weighted by molar-refractivity contribution is 6.31. The second-order valence-electron chi connectivity index (χ2n) is 5.81. The van der Waals surface area contributed by atoms with Crippen LogP contribution in [0.15, 0.2) is 48.8 Å². The maximum Gasteiger partial charge on any atom is 0.353 e. The lowest BCUT2D eigenvalue weighted by Gasteiger charge is -2.11. The standard InChI is InChI=1S/C18H14ClFN6O3/c1-10(27)23-11-2-4-12(5-3-11)24-17-16(26(28)29)18(22-9-21-17)25-13-6-7-15(20)14(19)8-13/h2-9H,1H3,(H,23,27)(H2,21,22,24,25). The van der Waals surface area contributed by atoms with Crippen LogP contribution in [0.25, 0.3) is 0 Å². The molecule has 148 valence electrons. The maximum atomic E-state index is 13.3. The van der Waals surface area contributed by atoms with Crippen molar-refractivity contribution >= 4 is 51.9 Å². The van der Waals surface area contributed by atoms with Crippen LogP contribution in [0.1, 0.15) is 6.92 Å². The lowest BCUT2D eigenvalue weighted by Crippen LogP contribution is -2.06. The van der Waals surface area contributed by atoms with Gasteiger partial charge >= 0.3 is 5.69 Å². The van der Waals surface area contributed by atoms with Gasteiger partial charge in [-0.15, -0.1) is 0 Å². The van der Waals surface area contributed by atoms with E-state index in [0.29, 0.717) is 17.1 Å². The van der Waals surface area contributed by atoms with Gasteiger partial charge in [0.2, 0.25) is 17.5 Å². The molecular formula is C18H14ClFN6O3. The van der Waals surface area contributed by atoms with Crippen LogP contribution >= 0.6 is 11.6 Å². The zero-order valence-electron chi connectivity index (χ0n) is 14.9. The van der Waals surface area contributed by atoms with Gasteiger partial charge in [-0.3, -0.25) is 14.9 Å². The van der Waals surface area contributed by atoms with Gasteiger partial charge in [-0.25, -0.2) is 14.4 Å². The zero-order valence-corrected chi connectivity index (χ0v) is 15.7. The summed E-state index contributed by atoms with van der Waals surface area (Å²) in [5.41, 5.74) is 1.01. The molecule has 29 heavy (non-hydrogen) atoms. The van der Waals surface area contributed by atoms with E-state index in [1.54, 1.807) is 24.3 Å². The Morgan fingerprint density at radius 2 is 1.59 bits per heavy atom. The Hall–Kier alpha value is -3.79. The molecule has 0 unspecified atom stereocenters. The predicted octanol–water partition coefficient (Wildman–Crippen LogP) is 4.62. The average molecular weight is 417 g/mol. The molecular weight excluding hydrogens is 403 g/mol. The van der Waals surface area contributed by atoms with Gasteiger partial charge in [0.25, 0.3) is 0 Å². The van der Waals surface area contributed by atoms with Crippen LogP contribution in [0.4, 0.5) is 38.8 Å². The molecule has 3 rings (SSSR count). The van der Waals surface area contributed by atoms with Crippen LogP contribution in [0.5, 0.6) is 0 Å². The number of carbonyl (C=O) groups is 1. The lowest BCUT2D eigenvalue weighted by molar-refractivity contribution is -0.383. The summed E-state index contributed by atoms with van der Waals surface area (Å²) in [6.45, 7) is 1.39. The molecule has 1 amide bonds.